The van der Waals surface area contributed by atoms with E-state index in [-0.39, 0.29) is 0 Å². The van der Waals surface area contributed by atoms with Crippen LogP contribution in [-0.4, -0.2) is 56.0 Å². The van der Waals surface area contributed by atoms with Crippen LogP contribution in [0.1, 0.15) is 30.7 Å². The van der Waals surface area contributed by atoms with Gasteiger partial charge in [-0.15, -0.1) is 5.10 Å². The lowest BCUT2D eigenvalue weighted by Crippen LogP contribution is -2.33. The van der Waals surface area contributed by atoms with E-state index >= 15 is 0 Å². The second-order valence-corrected chi connectivity index (χ2v) is 6.45. The van der Waals surface area contributed by atoms with E-state index in [1.165, 1.54) is 25.0 Å². The Bertz CT molecular complexity index is 596. The second kappa shape index (κ2) is 7.66. The van der Waals surface area contributed by atoms with Crippen LogP contribution in [0.25, 0.3) is 0 Å². The number of nitrogens with zero attached hydrogens (tertiary/aromatic N) is 6. The van der Waals surface area contributed by atoms with Crippen LogP contribution < -0.4 is 0 Å². The molecule has 124 valence electrons. The summed E-state index contributed by atoms with van der Waals surface area (Å²) >= 11 is 0. The van der Waals surface area contributed by atoms with Crippen molar-refractivity contribution in [2.75, 3.05) is 20.1 Å². The molecule has 6 nitrogen and oxygen atoms in total. The zero-order valence-electron chi connectivity index (χ0n) is 14.1. The summed E-state index contributed by atoms with van der Waals surface area (Å²) in [6, 6.07) is 6.77. The van der Waals surface area contributed by atoms with Gasteiger partial charge in [0.2, 0.25) is 0 Å². The van der Waals surface area contributed by atoms with Crippen molar-refractivity contribution in [3.05, 3.63) is 42.0 Å². The molecule has 0 bridgehead atoms. The van der Waals surface area contributed by atoms with Gasteiger partial charge in [-0.05, 0) is 45.0 Å². The Balaban J connectivity index is 1.52. The topological polar surface area (TPSA) is 50.1 Å². The molecule has 1 saturated heterocycles. The van der Waals surface area contributed by atoms with Crippen molar-refractivity contribution >= 4 is 0 Å². The van der Waals surface area contributed by atoms with Gasteiger partial charge in [0.1, 0.15) is 0 Å². The van der Waals surface area contributed by atoms with Gasteiger partial charge in [0, 0.05) is 38.9 Å². The van der Waals surface area contributed by atoms with Crippen LogP contribution in [-0.2, 0) is 20.1 Å². The molecular formula is C17H26N6. The summed E-state index contributed by atoms with van der Waals surface area (Å²) in [5, 5.41) is 7.99. The molecule has 1 fully saturated rings. The standard InChI is InChI=1S/C17H26N6/c1-21(13-15-6-3-4-9-18-15)16-7-5-10-23(11-8-16)14-17-12-19-20-22(17)2/h3-4,6,9,12,16H,5,7-8,10-11,13-14H2,1-2H3. The molecular weight excluding hydrogens is 288 g/mol. The molecule has 0 aromatic carbocycles. The quantitative estimate of drug-likeness (QED) is 0.841. The number of aryl methyl sites for hydroxylation is 1. The Morgan fingerprint density at radius 1 is 1.26 bits per heavy atom. The second-order valence-electron chi connectivity index (χ2n) is 6.45. The van der Waals surface area contributed by atoms with Gasteiger partial charge in [-0.1, -0.05) is 11.3 Å². The minimum Gasteiger partial charge on any atom is -0.298 e. The number of rotatable bonds is 5. The first-order valence-electron chi connectivity index (χ1n) is 8.38. The van der Waals surface area contributed by atoms with Gasteiger partial charge < -0.3 is 0 Å². The lowest BCUT2D eigenvalue weighted by atomic mass is 10.1. The first-order valence-corrected chi connectivity index (χ1v) is 8.38. The lowest BCUT2D eigenvalue weighted by molar-refractivity contribution is 0.203. The van der Waals surface area contributed by atoms with Crippen molar-refractivity contribution in [2.24, 2.45) is 7.05 Å². The minimum absolute atomic E-state index is 0.631. The van der Waals surface area contributed by atoms with E-state index in [9.17, 15) is 0 Å². The predicted molar refractivity (Wildman–Crippen MR) is 89.6 cm³/mol. The van der Waals surface area contributed by atoms with Gasteiger partial charge in [-0.25, -0.2) is 0 Å². The number of pyridine rings is 1. The zero-order valence-corrected chi connectivity index (χ0v) is 14.1. The lowest BCUT2D eigenvalue weighted by Gasteiger charge is -2.27. The van der Waals surface area contributed by atoms with Gasteiger partial charge in [0.15, 0.2) is 0 Å². The van der Waals surface area contributed by atoms with Crippen LogP contribution in [0.4, 0.5) is 0 Å². The highest BCUT2D eigenvalue weighted by atomic mass is 15.4. The van der Waals surface area contributed by atoms with Crippen LogP contribution in [0.15, 0.2) is 30.6 Å². The third-order valence-electron chi connectivity index (χ3n) is 4.74. The Hall–Kier alpha value is -1.79. The molecule has 0 radical (unpaired) electrons. The third kappa shape index (κ3) is 4.36. The average Bonchev–Trinajstić information content (AvgIpc) is 2.82. The molecule has 0 saturated carbocycles. The molecule has 3 rings (SSSR count). The third-order valence-corrected chi connectivity index (χ3v) is 4.74. The summed E-state index contributed by atoms with van der Waals surface area (Å²) in [7, 11) is 4.18. The number of likely N-dealkylation sites (tertiary alicyclic amines) is 1. The molecule has 0 spiro atoms. The van der Waals surface area contributed by atoms with E-state index in [1.807, 2.05) is 30.2 Å². The van der Waals surface area contributed by atoms with Gasteiger partial charge in [-0.2, -0.15) is 0 Å². The molecule has 23 heavy (non-hydrogen) atoms. The number of hydrogen-bond acceptors (Lipinski definition) is 5. The van der Waals surface area contributed by atoms with Gasteiger partial charge in [0.05, 0.1) is 17.6 Å². The fourth-order valence-corrected chi connectivity index (χ4v) is 3.30. The summed E-state index contributed by atoms with van der Waals surface area (Å²) in [5.74, 6) is 0. The van der Waals surface area contributed by atoms with E-state index in [0.29, 0.717) is 6.04 Å². The Kier molecular flexibility index (Phi) is 5.35. The highest BCUT2D eigenvalue weighted by molar-refractivity contribution is 5.03. The predicted octanol–water partition coefficient (Wildman–Crippen LogP) is 1.70. The molecule has 1 unspecified atom stereocenters. The van der Waals surface area contributed by atoms with Crippen LogP contribution in [0.2, 0.25) is 0 Å². The summed E-state index contributed by atoms with van der Waals surface area (Å²) in [4.78, 5) is 9.42. The smallest absolute Gasteiger partial charge is 0.0738 e. The summed E-state index contributed by atoms with van der Waals surface area (Å²) < 4.78 is 1.87. The van der Waals surface area contributed by atoms with Crippen molar-refractivity contribution in [1.82, 2.24) is 29.8 Å². The highest BCUT2D eigenvalue weighted by Crippen LogP contribution is 2.18. The van der Waals surface area contributed by atoms with E-state index < -0.39 is 0 Å². The van der Waals surface area contributed by atoms with Crippen molar-refractivity contribution < 1.29 is 0 Å². The highest BCUT2D eigenvalue weighted by Gasteiger charge is 2.21. The molecule has 3 heterocycles. The maximum atomic E-state index is 4.44. The SMILES string of the molecule is CN(Cc1ccccn1)C1CCCN(Cc2cnnn2C)CC1. The maximum Gasteiger partial charge on any atom is 0.0738 e. The molecule has 1 aliphatic heterocycles. The number of aromatic nitrogens is 4. The summed E-state index contributed by atoms with van der Waals surface area (Å²) in [6.45, 7) is 4.15. The van der Waals surface area contributed by atoms with E-state index in [2.05, 4.69) is 44.3 Å². The molecule has 2 aromatic heterocycles. The molecule has 0 aliphatic carbocycles. The van der Waals surface area contributed by atoms with E-state index in [4.69, 9.17) is 0 Å². The molecule has 0 amide bonds. The van der Waals surface area contributed by atoms with Crippen molar-refractivity contribution in [1.29, 1.82) is 0 Å². The zero-order chi connectivity index (χ0) is 16.1. The maximum absolute atomic E-state index is 4.44. The molecule has 0 N–H and O–H groups in total. The van der Waals surface area contributed by atoms with Gasteiger partial charge in [-0.3, -0.25) is 19.5 Å². The van der Waals surface area contributed by atoms with Crippen LogP contribution >= 0.6 is 0 Å². The summed E-state index contributed by atoms with van der Waals surface area (Å²) in [5.41, 5.74) is 2.34. The normalized spacial score (nSPS) is 19.9. The first kappa shape index (κ1) is 16.1. The van der Waals surface area contributed by atoms with Crippen LogP contribution in [0.3, 0.4) is 0 Å². The molecule has 1 aliphatic rings. The van der Waals surface area contributed by atoms with Crippen molar-refractivity contribution in [3.63, 3.8) is 0 Å². The van der Waals surface area contributed by atoms with Crippen LogP contribution in [0, 0.1) is 0 Å². The van der Waals surface area contributed by atoms with Gasteiger partial charge >= 0.3 is 0 Å². The average molecular weight is 314 g/mol. The van der Waals surface area contributed by atoms with E-state index in [1.54, 1.807) is 0 Å². The summed E-state index contributed by atoms with van der Waals surface area (Å²) in [6.07, 6.45) is 7.44. The fraction of sp³-hybridized carbons (Fsp3) is 0.588. The monoisotopic (exact) mass is 314 g/mol. The minimum atomic E-state index is 0.631. The van der Waals surface area contributed by atoms with Crippen LogP contribution in [0.5, 0.6) is 0 Å². The van der Waals surface area contributed by atoms with Gasteiger partial charge in [0.25, 0.3) is 0 Å². The molecule has 1 atom stereocenters. The van der Waals surface area contributed by atoms with E-state index in [0.717, 1.165) is 31.9 Å². The molecule has 2 aromatic rings. The largest absolute Gasteiger partial charge is 0.298 e. The first-order chi connectivity index (χ1) is 11.2. The van der Waals surface area contributed by atoms with Crippen molar-refractivity contribution in [3.8, 4) is 0 Å². The molecule has 6 heteroatoms. The Morgan fingerprint density at radius 3 is 2.91 bits per heavy atom. The Labute approximate surface area is 138 Å². The Morgan fingerprint density at radius 2 is 2.17 bits per heavy atom. The fourth-order valence-electron chi connectivity index (χ4n) is 3.30. The van der Waals surface area contributed by atoms with Crippen molar-refractivity contribution in [2.45, 2.75) is 38.4 Å². The number of hydrogen-bond donors (Lipinski definition) is 0.